The summed E-state index contributed by atoms with van der Waals surface area (Å²) in [5, 5.41) is 9.33. The van der Waals surface area contributed by atoms with Crippen LogP contribution in [0.2, 0.25) is 0 Å². The second-order valence-corrected chi connectivity index (χ2v) is 5.85. The Labute approximate surface area is 147 Å². The van der Waals surface area contributed by atoms with Crippen molar-refractivity contribution in [2.75, 3.05) is 6.61 Å². The number of hydrogen-bond acceptors (Lipinski definition) is 3. The molecular weight excluding hydrogens is 312 g/mol. The number of phenols is 1. The van der Waals surface area contributed by atoms with Crippen LogP contribution in [0.5, 0.6) is 5.75 Å². The molecule has 0 spiro atoms. The highest BCUT2D eigenvalue weighted by Crippen LogP contribution is 2.22. The highest BCUT2D eigenvalue weighted by atomic mass is 16.5. The minimum atomic E-state index is -0.301. The zero-order valence-corrected chi connectivity index (χ0v) is 13.9. The number of aromatic hydroxyl groups is 1. The standard InChI is InChI=1S/C22H20O3/c23-21-14-12-19(13-15-21)18-8-10-20(11-9-18)22(24)25-16-4-7-17-5-2-1-3-6-17/h1-3,5-6,8-15,23H,4,7,16H2. The predicted octanol–water partition coefficient (Wildman–Crippen LogP) is 4.85. The van der Waals surface area contributed by atoms with Gasteiger partial charge in [0, 0.05) is 0 Å². The number of rotatable bonds is 6. The average molecular weight is 332 g/mol. The zero-order valence-electron chi connectivity index (χ0n) is 13.9. The molecular formula is C22H20O3. The number of carbonyl (C=O) groups excluding carboxylic acids is 1. The minimum absolute atomic E-state index is 0.236. The van der Waals surface area contributed by atoms with E-state index in [9.17, 15) is 9.90 Å². The van der Waals surface area contributed by atoms with E-state index in [1.165, 1.54) is 5.56 Å². The molecule has 0 unspecified atom stereocenters. The molecule has 0 heterocycles. The molecule has 0 atom stereocenters. The second kappa shape index (κ2) is 8.15. The van der Waals surface area contributed by atoms with Crippen molar-refractivity contribution in [3.63, 3.8) is 0 Å². The smallest absolute Gasteiger partial charge is 0.338 e. The lowest BCUT2D eigenvalue weighted by Crippen LogP contribution is -2.07. The first-order valence-corrected chi connectivity index (χ1v) is 8.33. The molecule has 0 fully saturated rings. The molecule has 3 aromatic carbocycles. The molecule has 0 bridgehead atoms. The summed E-state index contributed by atoms with van der Waals surface area (Å²) in [5.74, 6) is -0.0650. The van der Waals surface area contributed by atoms with Crippen molar-refractivity contribution in [2.45, 2.75) is 12.8 Å². The normalized spacial score (nSPS) is 10.4. The summed E-state index contributed by atoms with van der Waals surface area (Å²) < 4.78 is 5.34. The molecule has 0 radical (unpaired) electrons. The number of phenolic OH excluding ortho intramolecular Hbond substituents is 1. The number of benzene rings is 3. The van der Waals surface area contributed by atoms with E-state index in [1.807, 2.05) is 42.5 Å². The fourth-order valence-corrected chi connectivity index (χ4v) is 2.62. The number of esters is 1. The molecule has 0 aliphatic rings. The Morgan fingerprint density at radius 3 is 2.04 bits per heavy atom. The van der Waals surface area contributed by atoms with Gasteiger partial charge < -0.3 is 9.84 Å². The summed E-state index contributed by atoms with van der Waals surface area (Å²) in [6.07, 6.45) is 1.70. The first-order valence-electron chi connectivity index (χ1n) is 8.33. The first kappa shape index (κ1) is 16.8. The summed E-state index contributed by atoms with van der Waals surface area (Å²) in [5.41, 5.74) is 3.76. The highest BCUT2D eigenvalue weighted by Gasteiger charge is 2.07. The van der Waals surface area contributed by atoms with Crippen molar-refractivity contribution in [2.24, 2.45) is 0 Å². The van der Waals surface area contributed by atoms with Crippen LogP contribution in [-0.4, -0.2) is 17.7 Å². The fraction of sp³-hybridized carbons (Fsp3) is 0.136. The van der Waals surface area contributed by atoms with E-state index in [1.54, 1.807) is 24.3 Å². The third-order valence-corrected chi connectivity index (χ3v) is 4.01. The van der Waals surface area contributed by atoms with E-state index in [2.05, 4.69) is 12.1 Å². The van der Waals surface area contributed by atoms with E-state index >= 15 is 0 Å². The quantitative estimate of drug-likeness (QED) is 0.518. The van der Waals surface area contributed by atoms with Gasteiger partial charge in [-0.2, -0.15) is 0 Å². The van der Waals surface area contributed by atoms with Gasteiger partial charge in [0.05, 0.1) is 12.2 Å². The van der Waals surface area contributed by atoms with Crippen LogP contribution in [0.4, 0.5) is 0 Å². The zero-order chi connectivity index (χ0) is 17.5. The van der Waals surface area contributed by atoms with Gasteiger partial charge in [-0.05, 0) is 53.8 Å². The van der Waals surface area contributed by atoms with E-state index < -0.39 is 0 Å². The topological polar surface area (TPSA) is 46.5 Å². The van der Waals surface area contributed by atoms with Crippen LogP contribution in [0.1, 0.15) is 22.3 Å². The second-order valence-electron chi connectivity index (χ2n) is 5.85. The molecule has 0 saturated carbocycles. The van der Waals surface area contributed by atoms with Crippen molar-refractivity contribution in [3.05, 3.63) is 90.0 Å². The Morgan fingerprint density at radius 1 is 0.800 bits per heavy atom. The molecule has 3 rings (SSSR count). The van der Waals surface area contributed by atoms with Crippen molar-refractivity contribution < 1.29 is 14.6 Å². The van der Waals surface area contributed by atoms with Crippen LogP contribution >= 0.6 is 0 Å². The van der Waals surface area contributed by atoms with Gasteiger partial charge in [-0.25, -0.2) is 4.79 Å². The van der Waals surface area contributed by atoms with Crippen LogP contribution in [0.25, 0.3) is 11.1 Å². The molecule has 0 aliphatic heterocycles. The molecule has 3 heteroatoms. The Morgan fingerprint density at radius 2 is 1.40 bits per heavy atom. The van der Waals surface area contributed by atoms with Crippen molar-refractivity contribution in [1.29, 1.82) is 0 Å². The van der Waals surface area contributed by atoms with Crippen LogP contribution in [0, 0.1) is 0 Å². The van der Waals surface area contributed by atoms with Crippen LogP contribution in [0.3, 0.4) is 0 Å². The maximum Gasteiger partial charge on any atom is 0.338 e. The van der Waals surface area contributed by atoms with Gasteiger partial charge in [-0.15, -0.1) is 0 Å². The number of carbonyl (C=O) groups is 1. The summed E-state index contributed by atoms with van der Waals surface area (Å²) in [6.45, 7) is 0.410. The third-order valence-electron chi connectivity index (χ3n) is 4.01. The van der Waals surface area contributed by atoms with E-state index in [0.29, 0.717) is 12.2 Å². The van der Waals surface area contributed by atoms with Crippen LogP contribution in [-0.2, 0) is 11.2 Å². The van der Waals surface area contributed by atoms with E-state index in [-0.39, 0.29) is 11.7 Å². The van der Waals surface area contributed by atoms with E-state index in [0.717, 1.165) is 24.0 Å². The Hall–Kier alpha value is -3.07. The van der Waals surface area contributed by atoms with Crippen LogP contribution < -0.4 is 0 Å². The van der Waals surface area contributed by atoms with Gasteiger partial charge in [0.1, 0.15) is 5.75 Å². The fourth-order valence-electron chi connectivity index (χ4n) is 2.62. The monoisotopic (exact) mass is 332 g/mol. The summed E-state index contributed by atoms with van der Waals surface area (Å²) in [7, 11) is 0. The summed E-state index contributed by atoms with van der Waals surface area (Å²) >= 11 is 0. The summed E-state index contributed by atoms with van der Waals surface area (Å²) in [6, 6.07) is 24.4. The molecule has 0 aromatic heterocycles. The molecule has 25 heavy (non-hydrogen) atoms. The minimum Gasteiger partial charge on any atom is -0.508 e. The SMILES string of the molecule is O=C(OCCCc1ccccc1)c1ccc(-c2ccc(O)cc2)cc1. The Kier molecular flexibility index (Phi) is 5.47. The summed E-state index contributed by atoms with van der Waals surface area (Å²) in [4.78, 5) is 12.1. The van der Waals surface area contributed by atoms with Gasteiger partial charge in [0.15, 0.2) is 0 Å². The van der Waals surface area contributed by atoms with Crippen molar-refractivity contribution in [1.82, 2.24) is 0 Å². The van der Waals surface area contributed by atoms with Crippen molar-refractivity contribution >= 4 is 5.97 Å². The Bertz CT molecular complexity index is 806. The maximum absolute atomic E-state index is 12.1. The predicted molar refractivity (Wildman–Crippen MR) is 98.6 cm³/mol. The van der Waals surface area contributed by atoms with Crippen LogP contribution in [0.15, 0.2) is 78.9 Å². The van der Waals surface area contributed by atoms with Gasteiger partial charge >= 0.3 is 5.97 Å². The number of aryl methyl sites for hydroxylation is 1. The highest BCUT2D eigenvalue weighted by molar-refractivity contribution is 5.90. The van der Waals surface area contributed by atoms with Gasteiger partial charge in [0.25, 0.3) is 0 Å². The molecule has 3 nitrogen and oxygen atoms in total. The lowest BCUT2D eigenvalue weighted by Gasteiger charge is -2.06. The number of hydrogen-bond donors (Lipinski definition) is 1. The van der Waals surface area contributed by atoms with Gasteiger partial charge in [-0.1, -0.05) is 54.6 Å². The molecule has 0 aliphatic carbocycles. The molecule has 0 amide bonds. The largest absolute Gasteiger partial charge is 0.508 e. The maximum atomic E-state index is 12.1. The van der Waals surface area contributed by atoms with Gasteiger partial charge in [-0.3, -0.25) is 0 Å². The van der Waals surface area contributed by atoms with Gasteiger partial charge in [0.2, 0.25) is 0 Å². The number of ether oxygens (including phenoxy) is 1. The molecule has 1 N–H and O–H groups in total. The lowest BCUT2D eigenvalue weighted by atomic mass is 10.0. The third kappa shape index (κ3) is 4.70. The van der Waals surface area contributed by atoms with Crippen molar-refractivity contribution in [3.8, 4) is 16.9 Å². The lowest BCUT2D eigenvalue weighted by molar-refractivity contribution is 0.0500. The van der Waals surface area contributed by atoms with E-state index in [4.69, 9.17) is 4.74 Å². The average Bonchev–Trinajstić information content (AvgIpc) is 2.67. The molecule has 0 saturated heterocycles. The first-order chi connectivity index (χ1) is 12.2. The Balaban J connectivity index is 1.51. The molecule has 126 valence electrons. The molecule has 3 aromatic rings.